The molecule has 1 heterocycles. The molecule has 0 unspecified atom stereocenters. The van der Waals surface area contributed by atoms with E-state index in [9.17, 15) is 9.59 Å². The number of rotatable bonds is 5. The van der Waals surface area contributed by atoms with Crippen LogP contribution in [-0.2, 0) is 16.1 Å². The van der Waals surface area contributed by atoms with Crippen molar-refractivity contribution in [2.24, 2.45) is 0 Å². The van der Waals surface area contributed by atoms with Crippen LogP contribution in [0.1, 0.15) is 29.7 Å². The van der Waals surface area contributed by atoms with Crippen LogP contribution in [0, 0.1) is 6.92 Å². The quantitative estimate of drug-likeness (QED) is 0.781. The summed E-state index contributed by atoms with van der Waals surface area (Å²) in [5, 5.41) is 5.49. The van der Waals surface area contributed by atoms with Gasteiger partial charge in [0.2, 0.25) is 0 Å². The minimum Gasteiger partial charge on any atom is -0.457 e. The van der Waals surface area contributed by atoms with Crippen LogP contribution in [0.2, 0.25) is 0 Å². The molecule has 2 amide bonds. The Kier molecular flexibility index (Phi) is 5.68. The molecule has 1 aliphatic heterocycles. The Bertz CT molecular complexity index is 900. The predicted octanol–water partition coefficient (Wildman–Crippen LogP) is 3.43. The van der Waals surface area contributed by atoms with Gasteiger partial charge in [-0.2, -0.15) is 0 Å². The molecule has 0 bridgehead atoms. The first kappa shape index (κ1) is 19.5. The van der Waals surface area contributed by atoms with Gasteiger partial charge in [-0.05, 0) is 37.1 Å². The van der Waals surface area contributed by atoms with Crippen LogP contribution in [0.5, 0.6) is 0 Å². The molecular weight excluding hydrogens is 354 g/mol. The van der Waals surface area contributed by atoms with Gasteiger partial charge in [-0.1, -0.05) is 42.0 Å². The number of ether oxygens (including phenoxy) is 1. The number of esters is 1. The fourth-order valence-corrected chi connectivity index (χ4v) is 3.09. The Morgan fingerprint density at radius 3 is 2.29 bits per heavy atom. The van der Waals surface area contributed by atoms with Crippen LogP contribution in [0.3, 0.4) is 0 Å². The molecule has 3 rings (SSSR count). The van der Waals surface area contributed by atoms with Gasteiger partial charge >= 0.3 is 12.0 Å². The van der Waals surface area contributed by atoms with E-state index in [0.29, 0.717) is 11.3 Å². The zero-order valence-electron chi connectivity index (χ0n) is 16.6. The van der Waals surface area contributed by atoms with Gasteiger partial charge < -0.3 is 20.3 Å². The van der Waals surface area contributed by atoms with E-state index in [1.807, 2.05) is 74.4 Å². The minimum absolute atomic E-state index is 0.177. The lowest BCUT2D eigenvalue weighted by Gasteiger charge is -2.28. The van der Waals surface area contributed by atoms with Gasteiger partial charge in [-0.15, -0.1) is 0 Å². The van der Waals surface area contributed by atoms with E-state index in [2.05, 4.69) is 10.6 Å². The molecule has 6 nitrogen and oxygen atoms in total. The molecule has 146 valence electrons. The van der Waals surface area contributed by atoms with Gasteiger partial charge in [-0.3, -0.25) is 0 Å². The molecule has 0 saturated heterocycles. The maximum absolute atomic E-state index is 12.8. The normalized spacial score (nSPS) is 16.3. The lowest BCUT2D eigenvalue weighted by Crippen LogP contribution is -2.45. The van der Waals surface area contributed by atoms with Gasteiger partial charge in [0.25, 0.3) is 0 Å². The monoisotopic (exact) mass is 379 g/mol. The van der Waals surface area contributed by atoms with Gasteiger partial charge in [-0.25, -0.2) is 9.59 Å². The number of amides is 2. The highest BCUT2D eigenvalue weighted by Gasteiger charge is 2.32. The zero-order chi connectivity index (χ0) is 20.3. The number of nitrogens with one attached hydrogen (secondary N) is 2. The molecular formula is C22H25N3O3. The summed E-state index contributed by atoms with van der Waals surface area (Å²) in [6.07, 6.45) is 0. The van der Waals surface area contributed by atoms with E-state index in [1.54, 1.807) is 6.92 Å². The van der Waals surface area contributed by atoms with Gasteiger partial charge in [0.05, 0.1) is 11.6 Å². The van der Waals surface area contributed by atoms with E-state index in [4.69, 9.17) is 4.74 Å². The van der Waals surface area contributed by atoms with Crippen molar-refractivity contribution in [2.75, 3.05) is 19.0 Å². The standard InChI is InChI=1S/C22H25N3O3/c1-14-5-7-16(8-6-14)13-28-21(26)19-15(2)23-22(27)24-20(19)17-9-11-18(12-10-17)25(3)4/h5-12,20H,13H2,1-4H3,(H2,23,24,27)/t20-/m0/s1. The molecule has 0 spiro atoms. The summed E-state index contributed by atoms with van der Waals surface area (Å²) in [4.78, 5) is 26.8. The number of hydrogen-bond donors (Lipinski definition) is 2. The molecule has 2 aromatic carbocycles. The van der Waals surface area contributed by atoms with Crippen molar-refractivity contribution in [3.63, 3.8) is 0 Å². The van der Waals surface area contributed by atoms with Gasteiger partial charge in [0, 0.05) is 25.5 Å². The number of anilines is 1. The van der Waals surface area contributed by atoms with Crippen molar-refractivity contribution in [3.8, 4) is 0 Å². The Balaban J connectivity index is 1.82. The molecule has 1 atom stereocenters. The highest BCUT2D eigenvalue weighted by Crippen LogP contribution is 2.29. The Hall–Kier alpha value is -3.28. The highest BCUT2D eigenvalue weighted by molar-refractivity contribution is 5.95. The summed E-state index contributed by atoms with van der Waals surface area (Å²) in [6, 6.07) is 14.6. The molecule has 2 N–H and O–H groups in total. The van der Waals surface area contributed by atoms with Crippen LogP contribution in [0.25, 0.3) is 0 Å². The predicted molar refractivity (Wildman–Crippen MR) is 109 cm³/mol. The van der Waals surface area contributed by atoms with Crippen LogP contribution in [0.15, 0.2) is 59.8 Å². The number of benzene rings is 2. The average molecular weight is 379 g/mol. The second kappa shape index (κ2) is 8.17. The summed E-state index contributed by atoms with van der Waals surface area (Å²) < 4.78 is 5.53. The van der Waals surface area contributed by atoms with Gasteiger partial charge in [0.1, 0.15) is 6.61 Å². The summed E-state index contributed by atoms with van der Waals surface area (Å²) in [5.74, 6) is -0.452. The third kappa shape index (κ3) is 4.34. The number of allylic oxidation sites excluding steroid dienone is 1. The summed E-state index contributed by atoms with van der Waals surface area (Å²) >= 11 is 0. The van der Waals surface area contributed by atoms with Crippen molar-refractivity contribution in [2.45, 2.75) is 26.5 Å². The first-order valence-corrected chi connectivity index (χ1v) is 9.13. The van der Waals surface area contributed by atoms with Crippen molar-refractivity contribution in [1.29, 1.82) is 0 Å². The largest absolute Gasteiger partial charge is 0.457 e. The smallest absolute Gasteiger partial charge is 0.338 e. The Labute approximate surface area is 165 Å². The number of nitrogens with zero attached hydrogens (tertiary/aromatic N) is 1. The van der Waals surface area contributed by atoms with E-state index in [-0.39, 0.29) is 12.6 Å². The number of hydrogen-bond acceptors (Lipinski definition) is 4. The summed E-state index contributed by atoms with van der Waals surface area (Å²) in [6.45, 7) is 3.89. The van der Waals surface area contributed by atoms with Crippen molar-refractivity contribution in [1.82, 2.24) is 10.6 Å². The second-order valence-corrected chi connectivity index (χ2v) is 7.12. The fourth-order valence-electron chi connectivity index (χ4n) is 3.09. The van der Waals surface area contributed by atoms with Gasteiger partial charge in [0.15, 0.2) is 0 Å². The summed E-state index contributed by atoms with van der Waals surface area (Å²) in [5.41, 5.74) is 4.82. The summed E-state index contributed by atoms with van der Waals surface area (Å²) in [7, 11) is 3.92. The lowest BCUT2D eigenvalue weighted by atomic mass is 9.95. The minimum atomic E-state index is -0.560. The SMILES string of the molecule is CC1=C(C(=O)OCc2ccc(C)cc2)[C@H](c2ccc(N(C)C)cc2)NC(=O)N1. The van der Waals surface area contributed by atoms with Crippen LogP contribution in [-0.4, -0.2) is 26.1 Å². The van der Waals surface area contributed by atoms with Crippen LogP contribution in [0.4, 0.5) is 10.5 Å². The number of aryl methyl sites for hydroxylation is 1. The molecule has 6 heteroatoms. The molecule has 0 aliphatic carbocycles. The third-order valence-corrected chi connectivity index (χ3v) is 4.72. The van der Waals surface area contributed by atoms with E-state index in [1.165, 1.54) is 0 Å². The van der Waals surface area contributed by atoms with Crippen molar-refractivity contribution < 1.29 is 14.3 Å². The van der Waals surface area contributed by atoms with Crippen LogP contribution >= 0.6 is 0 Å². The molecule has 0 saturated carbocycles. The molecule has 0 radical (unpaired) electrons. The fraction of sp³-hybridized carbons (Fsp3) is 0.273. The topological polar surface area (TPSA) is 70.7 Å². The lowest BCUT2D eigenvalue weighted by molar-refractivity contribution is -0.140. The van der Waals surface area contributed by atoms with E-state index in [0.717, 1.165) is 22.4 Å². The molecule has 0 fully saturated rings. The molecule has 1 aliphatic rings. The Morgan fingerprint density at radius 1 is 1.04 bits per heavy atom. The van der Waals surface area contributed by atoms with Crippen molar-refractivity contribution in [3.05, 3.63) is 76.5 Å². The zero-order valence-corrected chi connectivity index (χ0v) is 16.6. The molecule has 28 heavy (non-hydrogen) atoms. The van der Waals surface area contributed by atoms with E-state index < -0.39 is 12.0 Å². The first-order chi connectivity index (χ1) is 13.3. The maximum Gasteiger partial charge on any atom is 0.338 e. The average Bonchev–Trinajstić information content (AvgIpc) is 2.66. The first-order valence-electron chi connectivity index (χ1n) is 9.13. The van der Waals surface area contributed by atoms with Crippen molar-refractivity contribution >= 4 is 17.7 Å². The molecule has 2 aromatic rings. The third-order valence-electron chi connectivity index (χ3n) is 4.72. The number of carbonyl (C=O) groups is 2. The number of carbonyl (C=O) groups excluding carboxylic acids is 2. The number of urea groups is 1. The Morgan fingerprint density at radius 2 is 1.68 bits per heavy atom. The molecule has 0 aromatic heterocycles. The highest BCUT2D eigenvalue weighted by atomic mass is 16.5. The maximum atomic E-state index is 12.8. The second-order valence-electron chi connectivity index (χ2n) is 7.12. The van der Waals surface area contributed by atoms with E-state index >= 15 is 0 Å². The van der Waals surface area contributed by atoms with Crippen LogP contribution < -0.4 is 15.5 Å².